The number of aromatic amines is 1. The van der Waals surface area contributed by atoms with Crippen LogP contribution in [-0.2, 0) is 6.42 Å². The summed E-state index contributed by atoms with van der Waals surface area (Å²) in [6.07, 6.45) is 1.97. The fourth-order valence-electron chi connectivity index (χ4n) is 1.13. The minimum Gasteiger partial charge on any atom is -0.330 e. The first-order chi connectivity index (χ1) is 5.76. The van der Waals surface area contributed by atoms with Gasteiger partial charge in [0.15, 0.2) is 5.82 Å². The Morgan fingerprint density at radius 2 is 2.33 bits per heavy atom. The fraction of sp³-hybridized carbons (Fsp3) is 0.750. The molecule has 0 aromatic carbocycles. The normalized spacial score (nSPS) is 13.2. The van der Waals surface area contributed by atoms with E-state index >= 15 is 0 Å². The third kappa shape index (κ3) is 2.30. The monoisotopic (exact) mass is 168 g/mol. The molecule has 1 aromatic rings. The van der Waals surface area contributed by atoms with Crippen LogP contribution in [0.4, 0.5) is 0 Å². The van der Waals surface area contributed by atoms with Gasteiger partial charge in [0.2, 0.25) is 0 Å². The lowest BCUT2D eigenvalue weighted by Gasteiger charge is -2.07. The number of hydrogen-bond acceptors (Lipinski definition) is 3. The van der Waals surface area contributed by atoms with E-state index in [0.717, 1.165) is 24.5 Å². The van der Waals surface area contributed by atoms with Crippen molar-refractivity contribution >= 4 is 0 Å². The molecule has 0 fully saturated rings. The lowest BCUT2D eigenvalue weighted by atomic mass is 10.0. The molecule has 0 saturated carbocycles. The van der Waals surface area contributed by atoms with Crippen molar-refractivity contribution in [3.63, 3.8) is 0 Å². The molecule has 0 bridgehead atoms. The van der Waals surface area contributed by atoms with Crippen molar-refractivity contribution in [1.82, 2.24) is 15.2 Å². The molecule has 4 heteroatoms. The molecule has 0 amide bonds. The van der Waals surface area contributed by atoms with Crippen molar-refractivity contribution in [1.29, 1.82) is 0 Å². The van der Waals surface area contributed by atoms with Gasteiger partial charge in [0, 0.05) is 6.42 Å². The molecule has 0 spiro atoms. The molecule has 12 heavy (non-hydrogen) atoms. The minimum absolute atomic E-state index is 0.514. The van der Waals surface area contributed by atoms with Crippen LogP contribution in [0.5, 0.6) is 0 Å². The summed E-state index contributed by atoms with van der Waals surface area (Å²) in [7, 11) is 0. The second kappa shape index (κ2) is 4.21. The molecule has 4 nitrogen and oxygen atoms in total. The number of aromatic nitrogens is 3. The van der Waals surface area contributed by atoms with Gasteiger partial charge in [-0.05, 0) is 19.4 Å². The van der Waals surface area contributed by atoms with Gasteiger partial charge in [-0.2, -0.15) is 5.10 Å². The molecule has 0 aliphatic heterocycles. The molecule has 68 valence electrons. The maximum absolute atomic E-state index is 5.57. The topological polar surface area (TPSA) is 67.6 Å². The van der Waals surface area contributed by atoms with E-state index < -0.39 is 0 Å². The zero-order chi connectivity index (χ0) is 8.97. The summed E-state index contributed by atoms with van der Waals surface area (Å²) in [6, 6.07) is 0. The van der Waals surface area contributed by atoms with Crippen LogP contribution in [0, 0.1) is 12.8 Å². The lowest BCUT2D eigenvalue weighted by Crippen LogP contribution is -2.16. The SMILES string of the molecule is CCC(CN)Cc1n[nH]c(C)n1. The van der Waals surface area contributed by atoms with E-state index in [2.05, 4.69) is 22.1 Å². The maximum atomic E-state index is 5.57. The standard InChI is InChI=1S/C8H16N4/c1-3-7(5-9)4-8-10-6(2)11-12-8/h7H,3-5,9H2,1-2H3,(H,10,11,12). The first-order valence-electron chi connectivity index (χ1n) is 4.34. The van der Waals surface area contributed by atoms with Gasteiger partial charge >= 0.3 is 0 Å². The molecule has 1 heterocycles. The second-order valence-electron chi connectivity index (χ2n) is 3.05. The molecular weight excluding hydrogens is 152 g/mol. The van der Waals surface area contributed by atoms with Crippen LogP contribution >= 0.6 is 0 Å². The average molecular weight is 168 g/mol. The number of aryl methyl sites for hydroxylation is 1. The first kappa shape index (κ1) is 9.19. The largest absolute Gasteiger partial charge is 0.330 e. The van der Waals surface area contributed by atoms with Crippen molar-refractivity contribution < 1.29 is 0 Å². The number of nitrogens with two attached hydrogens (primary N) is 1. The molecule has 3 N–H and O–H groups in total. The molecule has 0 saturated heterocycles. The van der Waals surface area contributed by atoms with E-state index in [0.29, 0.717) is 12.5 Å². The van der Waals surface area contributed by atoms with E-state index in [1.54, 1.807) is 0 Å². The number of rotatable bonds is 4. The van der Waals surface area contributed by atoms with Crippen LogP contribution in [0.2, 0.25) is 0 Å². The fourth-order valence-corrected chi connectivity index (χ4v) is 1.13. The highest BCUT2D eigenvalue weighted by Gasteiger charge is 2.08. The Morgan fingerprint density at radius 1 is 1.58 bits per heavy atom. The summed E-state index contributed by atoms with van der Waals surface area (Å²) < 4.78 is 0. The van der Waals surface area contributed by atoms with Gasteiger partial charge in [-0.1, -0.05) is 13.3 Å². The van der Waals surface area contributed by atoms with Gasteiger partial charge in [0.05, 0.1) is 0 Å². The quantitative estimate of drug-likeness (QED) is 0.693. The molecule has 0 aliphatic rings. The van der Waals surface area contributed by atoms with Crippen molar-refractivity contribution in [2.75, 3.05) is 6.54 Å². The molecular formula is C8H16N4. The van der Waals surface area contributed by atoms with E-state index in [4.69, 9.17) is 5.73 Å². The molecule has 1 unspecified atom stereocenters. The Balaban J connectivity index is 2.50. The lowest BCUT2D eigenvalue weighted by molar-refractivity contribution is 0.506. The molecule has 1 aromatic heterocycles. The Morgan fingerprint density at radius 3 is 2.75 bits per heavy atom. The Labute approximate surface area is 72.6 Å². The van der Waals surface area contributed by atoms with E-state index in [1.807, 2.05) is 6.92 Å². The van der Waals surface area contributed by atoms with Crippen LogP contribution in [-0.4, -0.2) is 21.7 Å². The van der Waals surface area contributed by atoms with Crippen LogP contribution in [0.25, 0.3) is 0 Å². The zero-order valence-corrected chi connectivity index (χ0v) is 7.67. The summed E-state index contributed by atoms with van der Waals surface area (Å²) in [5.41, 5.74) is 5.57. The highest BCUT2D eigenvalue weighted by atomic mass is 15.2. The van der Waals surface area contributed by atoms with Gasteiger partial charge in [-0.3, -0.25) is 5.10 Å². The predicted molar refractivity (Wildman–Crippen MR) is 47.7 cm³/mol. The first-order valence-corrected chi connectivity index (χ1v) is 4.34. The highest BCUT2D eigenvalue weighted by molar-refractivity contribution is 4.89. The average Bonchev–Trinajstić information content (AvgIpc) is 2.47. The van der Waals surface area contributed by atoms with Gasteiger partial charge in [-0.15, -0.1) is 0 Å². The zero-order valence-electron chi connectivity index (χ0n) is 7.67. The van der Waals surface area contributed by atoms with Gasteiger partial charge in [0.1, 0.15) is 5.82 Å². The highest BCUT2D eigenvalue weighted by Crippen LogP contribution is 2.06. The van der Waals surface area contributed by atoms with Gasteiger partial charge in [0.25, 0.3) is 0 Å². The van der Waals surface area contributed by atoms with Crippen molar-refractivity contribution in [3.8, 4) is 0 Å². The number of nitrogens with one attached hydrogen (secondary N) is 1. The van der Waals surface area contributed by atoms with E-state index in [1.165, 1.54) is 0 Å². The predicted octanol–water partition coefficient (Wildman–Crippen LogP) is 0.641. The molecule has 0 radical (unpaired) electrons. The van der Waals surface area contributed by atoms with Crippen molar-refractivity contribution in [2.45, 2.75) is 26.7 Å². The summed E-state index contributed by atoms with van der Waals surface area (Å²) in [5, 5.41) is 6.88. The van der Waals surface area contributed by atoms with Crippen LogP contribution in [0.3, 0.4) is 0 Å². The molecule has 1 atom stereocenters. The number of hydrogen-bond donors (Lipinski definition) is 2. The Hall–Kier alpha value is -0.900. The summed E-state index contributed by atoms with van der Waals surface area (Å²) in [6.45, 7) is 4.75. The van der Waals surface area contributed by atoms with Gasteiger partial charge in [-0.25, -0.2) is 4.98 Å². The van der Waals surface area contributed by atoms with Gasteiger partial charge < -0.3 is 5.73 Å². The Bertz CT molecular complexity index is 227. The minimum atomic E-state index is 0.514. The van der Waals surface area contributed by atoms with Crippen LogP contribution in [0.1, 0.15) is 25.0 Å². The van der Waals surface area contributed by atoms with E-state index in [9.17, 15) is 0 Å². The third-order valence-electron chi connectivity index (χ3n) is 2.03. The number of nitrogens with zero attached hydrogens (tertiary/aromatic N) is 2. The summed E-state index contributed by atoms with van der Waals surface area (Å²) in [4.78, 5) is 4.22. The summed E-state index contributed by atoms with van der Waals surface area (Å²) in [5.74, 6) is 2.27. The van der Waals surface area contributed by atoms with Crippen LogP contribution < -0.4 is 5.73 Å². The van der Waals surface area contributed by atoms with E-state index in [-0.39, 0.29) is 0 Å². The van der Waals surface area contributed by atoms with Crippen LogP contribution in [0.15, 0.2) is 0 Å². The number of H-pyrrole nitrogens is 1. The second-order valence-corrected chi connectivity index (χ2v) is 3.05. The third-order valence-corrected chi connectivity index (χ3v) is 2.03. The Kier molecular flexibility index (Phi) is 3.22. The molecule has 1 rings (SSSR count). The van der Waals surface area contributed by atoms with Crippen molar-refractivity contribution in [3.05, 3.63) is 11.6 Å². The smallest absolute Gasteiger partial charge is 0.151 e. The molecule has 0 aliphatic carbocycles. The maximum Gasteiger partial charge on any atom is 0.151 e. The van der Waals surface area contributed by atoms with Crippen molar-refractivity contribution in [2.24, 2.45) is 11.7 Å². The summed E-state index contributed by atoms with van der Waals surface area (Å²) >= 11 is 0.